The second-order valence-electron chi connectivity index (χ2n) is 4.81. The van der Waals surface area contributed by atoms with E-state index < -0.39 is 0 Å². The monoisotopic (exact) mass is 312 g/mol. The molecule has 5 nitrogen and oxygen atoms in total. The minimum absolute atomic E-state index is 0.00923. The van der Waals surface area contributed by atoms with Crippen LogP contribution in [0.2, 0.25) is 0 Å². The highest BCUT2D eigenvalue weighted by atomic mass is 32.1. The van der Waals surface area contributed by atoms with Crippen molar-refractivity contribution in [3.05, 3.63) is 60.0 Å². The molecule has 0 fully saturated rings. The van der Waals surface area contributed by atoms with Gasteiger partial charge in [0, 0.05) is 37.1 Å². The highest BCUT2D eigenvalue weighted by Gasteiger charge is 2.09. The smallest absolute Gasteiger partial charge is 0.226 e. The van der Waals surface area contributed by atoms with Crippen molar-refractivity contribution >= 4 is 17.2 Å². The van der Waals surface area contributed by atoms with Gasteiger partial charge in [-0.25, -0.2) is 4.98 Å². The van der Waals surface area contributed by atoms with E-state index in [-0.39, 0.29) is 5.91 Å². The average molecular weight is 312 g/mol. The third-order valence-electron chi connectivity index (χ3n) is 3.14. The van der Waals surface area contributed by atoms with E-state index >= 15 is 0 Å². The van der Waals surface area contributed by atoms with Crippen LogP contribution in [-0.2, 0) is 17.8 Å². The Bertz CT molecular complexity index is 722. The molecule has 0 bridgehead atoms. The Labute approximate surface area is 132 Å². The molecule has 3 heterocycles. The molecule has 0 aromatic carbocycles. The molecule has 6 heteroatoms. The first-order valence-electron chi connectivity index (χ1n) is 7.04. The fraction of sp³-hybridized carbons (Fsp3) is 0.188. The molecule has 1 N–H and O–H groups in total. The van der Waals surface area contributed by atoms with Gasteiger partial charge in [-0.2, -0.15) is 0 Å². The first-order valence-corrected chi connectivity index (χ1v) is 7.92. The number of hydrogen-bond acceptors (Lipinski definition) is 4. The number of hydrogen-bond donors (Lipinski definition) is 1. The van der Waals surface area contributed by atoms with Gasteiger partial charge in [0.05, 0.1) is 17.8 Å². The van der Waals surface area contributed by atoms with Gasteiger partial charge < -0.3 is 9.88 Å². The maximum atomic E-state index is 11.9. The largest absolute Gasteiger partial charge is 0.354 e. The summed E-state index contributed by atoms with van der Waals surface area (Å²) in [5.41, 5.74) is 1.62. The second-order valence-corrected chi connectivity index (χ2v) is 5.66. The molecule has 0 aliphatic carbocycles. The van der Waals surface area contributed by atoms with Crippen molar-refractivity contribution in [2.75, 3.05) is 6.54 Å². The highest BCUT2D eigenvalue weighted by Crippen LogP contribution is 2.21. The van der Waals surface area contributed by atoms with E-state index in [1.165, 1.54) is 11.3 Å². The van der Waals surface area contributed by atoms with Crippen LogP contribution >= 0.6 is 11.3 Å². The number of nitrogens with zero attached hydrogens (tertiary/aromatic N) is 3. The van der Waals surface area contributed by atoms with Crippen LogP contribution < -0.4 is 5.32 Å². The lowest BCUT2D eigenvalue weighted by Gasteiger charge is -2.05. The lowest BCUT2D eigenvalue weighted by atomic mass is 10.3. The number of carbonyl (C=O) groups excluding carboxylic acids is 1. The molecule has 3 aromatic heterocycles. The summed E-state index contributed by atoms with van der Waals surface area (Å²) < 4.78 is 2.03. The van der Waals surface area contributed by atoms with E-state index in [2.05, 4.69) is 15.3 Å². The standard InChI is InChI=1S/C16H16N4OS/c21-15(18-7-10-20-8-3-4-9-20)11-13-12-22-16(19-13)14-5-1-2-6-17-14/h1-6,8-9,12H,7,10-11H2,(H,18,21). The molecular weight excluding hydrogens is 296 g/mol. The average Bonchev–Trinajstić information content (AvgIpc) is 3.20. The van der Waals surface area contributed by atoms with Crippen LogP contribution in [0.15, 0.2) is 54.3 Å². The summed E-state index contributed by atoms with van der Waals surface area (Å²) in [5, 5.41) is 5.66. The third kappa shape index (κ3) is 3.79. The fourth-order valence-electron chi connectivity index (χ4n) is 2.07. The van der Waals surface area contributed by atoms with Crippen LogP contribution in [-0.4, -0.2) is 27.0 Å². The third-order valence-corrected chi connectivity index (χ3v) is 4.05. The summed E-state index contributed by atoms with van der Waals surface area (Å²) in [7, 11) is 0. The van der Waals surface area contributed by atoms with Gasteiger partial charge in [-0.3, -0.25) is 9.78 Å². The first kappa shape index (κ1) is 14.5. The summed E-state index contributed by atoms with van der Waals surface area (Å²) in [6, 6.07) is 9.65. The zero-order valence-electron chi connectivity index (χ0n) is 12.0. The summed E-state index contributed by atoms with van der Waals surface area (Å²) in [4.78, 5) is 20.6. The van der Waals surface area contributed by atoms with Crippen molar-refractivity contribution in [1.29, 1.82) is 0 Å². The Morgan fingerprint density at radius 2 is 2.09 bits per heavy atom. The molecule has 112 valence electrons. The van der Waals surface area contributed by atoms with Crippen molar-refractivity contribution in [3.8, 4) is 10.7 Å². The van der Waals surface area contributed by atoms with Gasteiger partial charge in [-0.1, -0.05) is 6.07 Å². The molecule has 1 amide bonds. The molecule has 0 saturated heterocycles. The number of aromatic nitrogens is 3. The van der Waals surface area contributed by atoms with Gasteiger partial charge in [-0.05, 0) is 24.3 Å². The van der Waals surface area contributed by atoms with E-state index in [0.29, 0.717) is 13.0 Å². The van der Waals surface area contributed by atoms with Gasteiger partial charge in [-0.15, -0.1) is 11.3 Å². The Hall–Kier alpha value is -2.47. The number of amides is 1. The summed E-state index contributed by atoms with van der Waals surface area (Å²) in [5.74, 6) is -0.00923. The van der Waals surface area contributed by atoms with E-state index in [4.69, 9.17) is 0 Å². The molecule has 0 saturated carbocycles. The number of thiazole rings is 1. The van der Waals surface area contributed by atoms with Gasteiger partial charge in [0.25, 0.3) is 0 Å². The Morgan fingerprint density at radius 3 is 2.86 bits per heavy atom. The molecule has 0 unspecified atom stereocenters. The van der Waals surface area contributed by atoms with Crippen LogP contribution in [0.3, 0.4) is 0 Å². The molecule has 22 heavy (non-hydrogen) atoms. The SMILES string of the molecule is O=C(Cc1csc(-c2ccccn2)n1)NCCn1cccc1. The predicted molar refractivity (Wildman–Crippen MR) is 86.5 cm³/mol. The molecule has 3 aromatic rings. The van der Waals surface area contributed by atoms with Crippen LogP contribution in [0.25, 0.3) is 10.7 Å². The Morgan fingerprint density at radius 1 is 1.23 bits per heavy atom. The maximum absolute atomic E-state index is 11.9. The molecule has 3 rings (SSSR count). The van der Waals surface area contributed by atoms with Crippen LogP contribution in [0, 0.1) is 0 Å². The first-order chi connectivity index (χ1) is 10.8. The number of rotatable bonds is 6. The molecular formula is C16H16N4OS. The van der Waals surface area contributed by atoms with E-state index in [9.17, 15) is 4.79 Å². The molecule has 0 aliphatic heterocycles. The minimum atomic E-state index is -0.00923. The van der Waals surface area contributed by atoms with Crippen LogP contribution in [0.4, 0.5) is 0 Å². The predicted octanol–water partition coefficient (Wildman–Crippen LogP) is 2.37. The minimum Gasteiger partial charge on any atom is -0.354 e. The topological polar surface area (TPSA) is 59.8 Å². The van der Waals surface area contributed by atoms with Crippen LogP contribution in [0.5, 0.6) is 0 Å². The second kappa shape index (κ2) is 7.00. The molecule has 0 atom stereocenters. The van der Waals surface area contributed by atoms with Gasteiger partial charge in [0.2, 0.25) is 5.91 Å². The van der Waals surface area contributed by atoms with Crippen molar-refractivity contribution in [2.45, 2.75) is 13.0 Å². The summed E-state index contributed by atoms with van der Waals surface area (Å²) in [6.45, 7) is 1.39. The lowest BCUT2D eigenvalue weighted by molar-refractivity contribution is -0.120. The van der Waals surface area contributed by atoms with Crippen molar-refractivity contribution in [1.82, 2.24) is 19.9 Å². The van der Waals surface area contributed by atoms with E-state index in [1.807, 2.05) is 52.7 Å². The number of carbonyl (C=O) groups is 1. The van der Waals surface area contributed by atoms with E-state index in [0.717, 1.165) is 22.9 Å². The lowest BCUT2D eigenvalue weighted by Crippen LogP contribution is -2.28. The highest BCUT2D eigenvalue weighted by molar-refractivity contribution is 7.13. The zero-order valence-corrected chi connectivity index (χ0v) is 12.8. The Balaban J connectivity index is 1.50. The molecule has 0 aliphatic rings. The van der Waals surface area contributed by atoms with Crippen LogP contribution in [0.1, 0.15) is 5.69 Å². The van der Waals surface area contributed by atoms with E-state index in [1.54, 1.807) is 6.20 Å². The molecule has 0 radical (unpaired) electrons. The number of pyridine rings is 1. The maximum Gasteiger partial charge on any atom is 0.226 e. The zero-order chi connectivity index (χ0) is 15.2. The molecule has 0 spiro atoms. The fourth-order valence-corrected chi connectivity index (χ4v) is 2.86. The van der Waals surface area contributed by atoms with Crippen molar-refractivity contribution in [3.63, 3.8) is 0 Å². The normalized spacial score (nSPS) is 10.5. The van der Waals surface area contributed by atoms with Gasteiger partial charge in [0.1, 0.15) is 5.01 Å². The van der Waals surface area contributed by atoms with Crippen molar-refractivity contribution in [2.24, 2.45) is 0 Å². The van der Waals surface area contributed by atoms with Crippen molar-refractivity contribution < 1.29 is 4.79 Å². The number of nitrogens with one attached hydrogen (secondary N) is 1. The quantitative estimate of drug-likeness (QED) is 0.760. The Kier molecular flexibility index (Phi) is 4.60. The van der Waals surface area contributed by atoms with Gasteiger partial charge in [0.15, 0.2) is 0 Å². The van der Waals surface area contributed by atoms with Gasteiger partial charge >= 0.3 is 0 Å². The summed E-state index contributed by atoms with van der Waals surface area (Å²) >= 11 is 1.51. The summed E-state index contributed by atoms with van der Waals surface area (Å²) in [6.07, 6.45) is 6.00.